The van der Waals surface area contributed by atoms with Crippen molar-refractivity contribution in [1.29, 1.82) is 0 Å². The minimum Gasteiger partial charge on any atom is -0.310 e. The van der Waals surface area contributed by atoms with Gasteiger partial charge in [0, 0.05) is 22.5 Å². The molecule has 9 rings (SSSR count). The Morgan fingerprint density at radius 1 is 0.308 bits per heavy atom. The number of fused-ring (bicyclic) bond motifs is 3. The van der Waals surface area contributed by atoms with Crippen molar-refractivity contribution in [3.05, 3.63) is 211 Å². The van der Waals surface area contributed by atoms with Crippen molar-refractivity contribution >= 4 is 17.1 Å². The molecule has 0 radical (unpaired) electrons. The van der Waals surface area contributed by atoms with Crippen LogP contribution in [0.1, 0.15) is 25.0 Å². The van der Waals surface area contributed by atoms with Gasteiger partial charge >= 0.3 is 0 Å². The topological polar surface area (TPSA) is 3.24 Å². The molecule has 1 nitrogen and oxygen atoms in total. The van der Waals surface area contributed by atoms with Gasteiger partial charge in [-0.3, -0.25) is 0 Å². The summed E-state index contributed by atoms with van der Waals surface area (Å²) in [4.78, 5) is 2.41. The third-order valence-electron chi connectivity index (χ3n) is 10.7. The smallest absolute Gasteiger partial charge is 0.0468 e. The van der Waals surface area contributed by atoms with Crippen LogP contribution in [0.25, 0.3) is 55.6 Å². The summed E-state index contributed by atoms with van der Waals surface area (Å²) in [5.74, 6) is 0. The normalized spacial score (nSPS) is 12.6. The minimum atomic E-state index is -0.107. The number of rotatable bonds is 7. The molecule has 0 spiro atoms. The Bertz CT molecular complexity index is 2500. The summed E-state index contributed by atoms with van der Waals surface area (Å²) in [7, 11) is 0. The molecule has 0 fully saturated rings. The van der Waals surface area contributed by atoms with Gasteiger partial charge in [-0.05, 0) is 103 Å². The fourth-order valence-corrected chi connectivity index (χ4v) is 7.98. The summed E-state index contributed by atoms with van der Waals surface area (Å²) in [5.41, 5.74) is 18.4. The molecule has 0 N–H and O–H groups in total. The zero-order chi connectivity index (χ0) is 35.1. The van der Waals surface area contributed by atoms with Crippen molar-refractivity contribution in [2.24, 2.45) is 0 Å². The van der Waals surface area contributed by atoms with Crippen LogP contribution in [0.15, 0.2) is 200 Å². The molecule has 1 aliphatic rings. The van der Waals surface area contributed by atoms with E-state index in [1.165, 1.54) is 66.8 Å². The Morgan fingerprint density at radius 3 is 1.38 bits per heavy atom. The van der Waals surface area contributed by atoms with Gasteiger partial charge in [0.15, 0.2) is 0 Å². The fraction of sp³-hybridized carbons (Fsp3) is 0.0588. The molecule has 0 bridgehead atoms. The number of benzene rings is 8. The molecular formula is C51H39N. The van der Waals surface area contributed by atoms with Crippen LogP contribution in [0.4, 0.5) is 17.1 Å². The maximum atomic E-state index is 2.42. The summed E-state index contributed by atoms with van der Waals surface area (Å²) in [5, 5.41) is 0. The molecule has 0 heterocycles. The van der Waals surface area contributed by atoms with Crippen molar-refractivity contribution < 1.29 is 0 Å². The molecule has 1 heteroatoms. The van der Waals surface area contributed by atoms with Crippen LogP contribution in [-0.4, -0.2) is 0 Å². The van der Waals surface area contributed by atoms with Crippen LogP contribution >= 0.6 is 0 Å². The molecule has 8 aromatic rings. The second kappa shape index (κ2) is 13.0. The van der Waals surface area contributed by atoms with Gasteiger partial charge in [-0.25, -0.2) is 0 Å². The van der Waals surface area contributed by atoms with Crippen molar-refractivity contribution in [2.75, 3.05) is 4.90 Å². The molecule has 0 amide bonds. The number of hydrogen-bond donors (Lipinski definition) is 0. The Kier molecular flexibility index (Phi) is 7.90. The molecule has 1 aliphatic carbocycles. The van der Waals surface area contributed by atoms with Crippen molar-refractivity contribution in [3.63, 3.8) is 0 Å². The maximum Gasteiger partial charge on any atom is 0.0468 e. The van der Waals surface area contributed by atoms with Gasteiger partial charge in [0.1, 0.15) is 0 Å². The van der Waals surface area contributed by atoms with Gasteiger partial charge in [0.05, 0.1) is 0 Å². The summed E-state index contributed by atoms with van der Waals surface area (Å²) in [6.07, 6.45) is 0. The quantitative estimate of drug-likeness (QED) is 0.164. The second-order valence-electron chi connectivity index (χ2n) is 14.2. The van der Waals surface area contributed by atoms with Crippen LogP contribution in [0, 0.1) is 0 Å². The molecule has 0 aromatic heterocycles. The van der Waals surface area contributed by atoms with Gasteiger partial charge in [0.2, 0.25) is 0 Å². The molecule has 8 aromatic carbocycles. The number of hydrogen-bond acceptors (Lipinski definition) is 1. The average Bonchev–Trinajstić information content (AvgIpc) is 3.45. The van der Waals surface area contributed by atoms with Crippen LogP contribution in [-0.2, 0) is 5.41 Å². The molecular weight excluding hydrogens is 627 g/mol. The van der Waals surface area contributed by atoms with Gasteiger partial charge in [-0.1, -0.05) is 178 Å². The van der Waals surface area contributed by atoms with E-state index in [0.29, 0.717) is 0 Å². The monoisotopic (exact) mass is 665 g/mol. The van der Waals surface area contributed by atoms with Gasteiger partial charge in [-0.2, -0.15) is 0 Å². The van der Waals surface area contributed by atoms with E-state index < -0.39 is 0 Å². The zero-order valence-corrected chi connectivity index (χ0v) is 29.5. The molecule has 0 saturated carbocycles. The van der Waals surface area contributed by atoms with Gasteiger partial charge < -0.3 is 4.90 Å². The van der Waals surface area contributed by atoms with Gasteiger partial charge in [0.25, 0.3) is 0 Å². The first-order valence-corrected chi connectivity index (χ1v) is 18.1. The molecule has 52 heavy (non-hydrogen) atoms. The highest BCUT2D eigenvalue weighted by Crippen LogP contribution is 2.53. The van der Waals surface area contributed by atoms with Crippen LogP contribution in [0.3, 0.4) is 0 Å². The van der Waals surface area contributed by atoms with Crippen molar-refractivity contribution in [1.82, 2.24) is 0 Å². The summed E-state index contributed by atoms with van der Waals surface area (Å²) in [6.45, 7) is 4.72. The molecule has 0 unspecified atom stereocenters. The first-order chi connectivity index (χ1) is 25.5. The van der Waals surface area contributed by atoms with Gasteiger partial charge in [-0.15, -0.1) is 0 Å². The molecule has 0 saturated heterocycles. The highest BCUT2D eigenvalue weighted by Gasteiger charge is 2.37. The zero-order valence-electron chi connectivity index (χ0n) is 29.5. The lowest BCUT2D eigenvalue weighted by atomic mass is 9.82. The first kappa shape index (κ1) is 31.5. The van der Waals surface area contributed by atoms with Crippen LogP contribution in [0.5, 0.6) is 0 Å². The highest BCUT2D eigenvalue weighted by atomic mass is 15.1. The van der Waals surface area contributed by atoms with E-state index in [4.69, 9.17) is 0 Å². The predicted molar refractivity (Wildman–Crippen MR) is 220 cm³/mol. The Hall–Kier alpha value is -6.44. The van der Waals surface area contributed by atoms with E-state index in [1.54, 1.807) is 0 Å². The molecule has 0 aliphatic heterocycles. The second-order valence-corrected chi connectivity index (χ2v) is 14.2. The average molecular weight is 666 g/mol. The van der Waals surface area contributed by atoms with Crippen LogP contribution < -0.4 is 4.90 Å². The Balaban J connectivity index is 1.16. The SMILES string of the molecule is CC1(C)c2ccc(N(c3ccc(-c4ccc(-c5ccccc5)cc4)cc3)c3cccc(-c4ccccc4)c3)cc2-c2c(-c3ccccc3)cccc21. The molecule has 248 valence electrons. The Labute approximate surface area is 307 Å². The van der Waals surface area contributed by atoms with Crippen molar-refractivity contribution in [3.8, 4) is 55.6 Å². The first-order valence-electron chi connectivity index (χ1n) is 18.1. The Morgan fingerprint density at radius 2 is 0.769 bits per heavy atom. The van der Waals surface area contributed by atoms with E-state index in [2.05, 4.69) is 219 Å². The summed E-state index contributed by atoms with van der Waals surface area (Å²) >= 11 is 0. The van der Waals surface area contributed by atoms with E-state index in [0.717, 1.165) is 17.1 Å². The number of nitrogens with zero attached hydrogens (tertiary/aromatic N) is 1. The largest absolute Gasteiger partial charge is 0.310 e. The molecule has 0 atom stereocenters. The number of anilines is 3. The highest BCUT2D eigenvalue weighted by molar-refractivity contribution is 5.95. The fourth-order valence-electron chi connectivity index (χ4n) is 7.98. The van der Waals surface area contributed by atoms with E-state index in [1.807, 2.05) is 0 Å². The standard InChI is InChI=1S/C51H39N/c1-51(2)48-33-32-45(35-47(48)50-46(22-13-23-49(50)51)41-18-10-5-11-19-41)52(44-21-12-20-42(34-44)37-16-8-4-9-17-37)43-30-28-40(29-31-43)39-26-24-38(25-27-39)36-14-6-3-7-15-36/h3-35H,1-2H3. The minimum absolute atomic E-state index is 0.107. The lowest BCUT2D eigenvalue weighted by Crippen LogP contribution is -2.15. The lowest BCUT2D eigenvalue weighted by molar-refractivity contribution is 0.660. The van der Waals surface area contributed by atoms with E-state index >= 15 is 0 Å². The predicted octanol–water partition coefficient (Wildman–Crippen LogP) is 14.1. The summed E-state index contributed by atoms with van der Waals surface area (Å²) < 4.78 is 0. The van der Waals surface area contributed by atoms with Crippen LogP contribution in [0.2, 0.25) is 0 Å². The summed E-state index contributed by atoms with van der Waals surface area (Å²) in [6, 6.07) is 72.7. The van der Waals surface area contributed by atoms with E-state index in [-0.39, 0.29) is 5.41 Å². The third-order valence-corrected chi connectivity index (χ3v) is 10.7. The van der Waals surface area contributed by atoms with Crippen molar-refractivity contribution in [2.45, 2.75) is 19.3 Å². The maximum absolute atomic E-state index is 2.42. The lowest BCUT2D eigenvalue weighted by Gasteiger charge is -2.28. The third kappa shape index (κ3) is 5.61. The van der Waals surface area contributed by atoms with E-state index in [9.17, 15) is 0 Å².